The summed E-state index contributed by atoms with van der Waals surface area (Å²) in [6.07, 6.45) is 2.63. The number of rotatable bonds is 7. The van der Waals surface area contributed by atoms with E-state index in [1.165, 1.54) is 14.2 Å². The van der Waals surface area contributed by atoms with E-state index in [4.69, 9.17) is 20.9 Å². The van der Waals surface area contributed by atoms with Crippen molar-refractivity contribution in [2.75, 3.05) is 32.2 Å². The lowest BCUT2D eigenvalue weighted by molar-refractivity contribution is -0.118. The highest BCUT2D eigenvalue weighted by atomic mass is 16.5. The third-order valence-electron chi connectivity index (χ3n) is 6.16. The van der Waals surface area contributed by atoms with Crippen molar-refractivity contribution < 1.29 is 14.3 Å². The molecule has 0 saturated heterocycles. The summed E-state index contributed by atoms with van der Waals surface area (Å²) in [7, 11) is 2.99. The lowest BCUT2D eigenvalue weighted by atomic mass is 9.77. The van der Waals surface area contributed by atoms with Crippen molar-refractivity contribution in [3.63, 3.8) is 0 Å². The number of hydrogen-bond acceptors (Lipinski definition) is 9. The zero-order chi connectivity index (χ0) is 25.2. The number of Topliss-reactive ketones (excluding diaryl/α,β-unsaturated/α-hetero) is 1. The van der Waals surface area contributed by atoms with Crippen LogP contribution in [0.25, 0.3) is 5.57 Å². The summed E-state index contributed by atoms with van der Waals surface area (Å²) in [6.45, 7) is 4.57. The molecule has 0 fully saturated rings. The monoisotopic (exact) mass is 470 g/mol. The van der Waals surface area contributed by atoms with Crippen LogP contribution in [0, 0.1) is 11.3 Å². The van der Waals surface area contributed by atoms with E-state index in [0.29, 0.717) is 41.2 Å². The molecule has 1 atom stereocenters. The van der Waals surface area contributed by atoms with Gasteiger partial charge in [-0.15, -0.1) is 0 Å². The number of carbonyl (C=O) groups excluding carboxylic acids is 1. The highest BCUT2D eigenvalue weighted by molar-refractivity contribution is 6.26. The van der Waals surface area contributed by atoms with Crippen molar-refractivity contribution in [1.82, 2.24) is 15.3 Å². The van der Waals surface area contributed by atoms with E-state index in [0.717, 1.165) is 17.5 Å². The van der Waals surface area contributed by atoms with Crippen LogP contribution in [-0.2, 0) is 23.2 Å². The lowest BCUT2D eigenvalue weighted by Gasteiger charge is -2.34. The zero-order valence-corrected chi connectivity index (χ0v) is 19.6. The fraction of sp³-hybridized carbons (Fsp3) is 0.231. The maximum Gasteiger partial charge on any atom is 0.221 e. The highest BCUT2D eigenvalue weighted by Gasteiger charge is 2.45. The van der Waals surface area contributed by atoms with Gasteiger partial charge in [-0.05, 0) is 35.2 Å². The van der Waals surface area contributed by atoms with Gasteiger partial charge in [0.25, 0.3) is 0 Å². The molecule has 4 rings (SSSR count). The van der Waals surface area contributed by atoms with E-state index in [-0.39, 0.29) is 17.3 Å². The van der Waals surface area contributed by atoms with Crippen LogP contribution < -0.4 is 26.3 Å². The Hall–Kier alpha value is -4.42. The van der Waals surface area contributed by atoms with Crippen LogP contribution in [0.1, 0.15) is 27.8 Å². The second-order valence-corrected chi connectivity index (χ2v) is 8.20. The summed E-state index contributed by atoms with van der Waals surface area (Å²) in [5.41, 5.74) is 13.6. The Bertz CT molecular complexity index is 1360. The number of methoxy groups -OCH3 is 2. The molecule has 2 heterocycles. The molecule has 1 unspecified atom stereocenters. The van der Waals surface area contributed by atoms with Crippen molar-refractivity contribution >= 4 is 23.1 Å². The van der Waals surface area contributed by atoms with Crippen LogP contribution in [0.4, 0.5) is 11.8 Å². The second kappa shape index (κ2) is 9.44. The van der Waals surface area contributed by atoms with Crippen molar-refractivity contribution in [1.29, 1.82) is 5.26 Å². The molecule has 0 spiro atoms. The largest absolute Gasteiger partial charge is 0.493 e. The molecule has 0 bridgehead atoms. The summed E-state index contributed by atoms with van der Waals surface area (Å²) >= 11 is 0. The molecule has 0 saturated carbocycles. The summed E-state index contributed by atoms with van der Waals surface area (Å²) in [5, 5.41) is 13.3. The molecule has 1 aliphatic rings. The smallest absolute Gasteiger partial charge is 0.221 e. The Balaban J connectivity index is 1.80. The summed E-state index contributed by atoms with van der Waals surface area (Å²) in [4.78, 5) is 21.9. The number of anilines is 2. The standard InChI is InChI=1S/C26H26N6O3/c1-15(23(33)26(14-27)20-7-5-4-6-17(20)8-9-31-26)19-11-16(12-21(34-2)22(19)35-3)10-18-13-30-25(29)32-24(18)28/h4-7,11-13,31H,1,8-10H2,2-3H3,(H4,28,29,30,32). The number of nitrogens with one attached hydrogen (secondary N) is 1. The van der Waals surface area contributed by atoms with Gasteiger partial charge in [-0.25, -0.2) is 4.98 Å². The van der Waals surface area contributed by atoms with Crippen LogP contribution in [0.5, 0.6) is 11.5 Å². The van der Waals surface area contributed by atoms with Crippen LogP contribution in [-0.4, -0.2) is 36.5 Å². The molecule has 0 amide bonds. The second-order valence-electron chi connectivity index (χ2n) is 8.20. The molecule has 178 valence electrons. The molecule has 0 radical (unpaired) electrons. The first-order valence-electron chi connectivity index (χ1n) is 10.9. The van der Waals surface area contributed by atoms with Gasteiger partial charge in [0.1, 0.15) is 5.82 Å². The first kappa shape index (κ1) is 23.7. The number of nitrogen functional groups attached to an aromatic ring is 2. The van der Waals surface area contributed by atoms with Gasteiger partial charge in [0.2, 0.25) is 11.7 Å². The number of carbonyl (C=O) groups is 1. The Morgan fingerprint density at radius 3 is 2.71 bits per heavy atom. The van der Waals surface area contributed by atoms with Crippen LogP contribution in [0.15, 0.2) is 49.2 Å². The number of nitrogens with zero attached hydrogens (tertiary/aromatic N) is 3. The minimum Gasteiger partial charge on any atom is -0.493 e. The van der Waals surface area contributed by atoms with E-state index < -0.39 is 11.3 Å². The quantitative estimate of drug-likeness (QED) is 0.442. The van der Waals surface area contributed by atoms with Gasteiger partial charge >= 0.3 is 0 Å². The Kier molecular flexibility index (Phi) is 6.40. The predicted octanol–water partition coefficient (Wildman–Crippen LogP) is 2.40. The summed E-state index contributed by atoms with van der Waals surface area (Å²) < 4.78 is 11.1. The molecule has 9 heteroatoms. The molecule has 0 aliphatic carbocycles. The van der Waals surface area contributed by atoms with Gasteiger partial charge in [0.05, 0.1) is 20.3 Å². The first-order valence-corrected chi connectivity index (χ1v) is 10.9. The van der Waals surface area contributed by atoms with Crippen molar-refractivity contribution in [3.8, 4) is 17.6 Å². The number of aromatic nitrogens is 2. The van der Waals surface area contributed by atoms with Gasteiger partial charge in [0, 0.05) is 35.9 Å². The van der Waals surface area contributed by atoms with Crippen LogP contribution in [0.2, 0.25) is 0 Å². The van der Waals surface area contributed by atoms with Crippen molar-refractivity contribution in [3.05, 3.63) is 77.0 Å². The lowest BCUT2D eigenvalue weighted by Crippen LogP contribution is -2.52. The van der Waals surface area contributed by atoms with Gasteiger partial charge < -0.3 is 20.9 Å². The number of ether oxygens (including phenoxy) is 2. The summed E-state index contributed by atoms with van der Waals surface area (Å²) in [6, 6.07) is 13.2. The van der Waals surface area contributed by atoms with Gasteiger partial charge in [-0.2, -0.15) is 10.2 Å². The number of hydrogen-bond donors (Lipinski definition) is 3. The van der Waals surface area contributed by atoms with E-state index in [1.807, 2.05) is 18.2 Å². The third kappa shape index (κ3) is 4.16. The summed E-state index contributed by atoms with van der Waals surface area (Å²) in [5.74, 6) is 0.635. The maximum atomic E-state index is 13.9. The van der Waals surface area contributed by atoms with Crippen molar-refractivity contribution in [2.24, 2.45) is 0 Å². The highest BCUT2D eigenvalue weighted by Crippen LogP contribution is 2.40. The van der Waals surface area contributed by atoms with E-state index in [9.17, 15) is 10.1 Å². The minimum absolute atomic E-state index is 0.0836. The normalized spacial score (nSPS) is 16.6. The van der Waals surface area contributed by atoms with Gasteiger partial charge in [-0.3, -0.25) is 10.1 Å². The van der Waals surface area contributed by atoms with E-state index in [2.05, 4.69) is 27.9 Å². The number of nitriles is 1. The first-order chi connectivity index (χ1) is 16.8. The molecule has 5 N–H and O–H groups in total. The zero-order valence-electron chi connectivity index (χ0n) is 19.6. The average molecular weight is 471 g/mol. The molecule has 9 nitrogen and oxygen atoms in total. The predicted molar refractivity (Wildman–Crippen MR) is 133 cm³/mol. The Morgan fingerprint density at radius 2 is 2.03 bits per heavy atom. The van der Waals surface area contributed by atoms with Crippen LogP contribution >= 0.6 is 0 Å². The number of nitrogens with two attached hydrogens (primary N) is 2. The Morgan fingerprint density at radius 1 is 1.26 bits per heavy atom. The third-order valence-corrected chi connectivity index (χ3v) is 6.16. The molecular formula is C26H26N6O3. The number of benzene rings is 2. The molecule has 35 heavy (non-hydrogen) atoms. The van der Waals surface area contributed by atoms with Gasteiger partial charge in [0.15, 0.2) is 17.0 Å². The fourth-order valence-electron chi connectivity index (χ4n) is 4.42. The number of fused-ring (bicyclic) bond motifs is 1. The molecule has 1 aromatic heterocycles. The van der Waals surface area contributed by atoms with E-state index in [1.54, 1.807) is 24.4 Å². The fourth-order valence-corrected chi connectivity index (χ4v) is 4.42. The number of ketones is 1. The molecule has 1 aliphatic heterocycles. The molecule has 2 aromatic carbocycles. The molecule has 3 aromatic rings. The van der Waals surface area contributed by atoms with Crippen LogP contribution in [0.3, 0.4) is 0 Å². The van der Waals surface area contributed by atoms with Gasteiger partial charge in [-0.1, -0.05) is 30.8 Å². The SMILES string of the molecule is C=C(C(=O)C1(C#N)NCCc2ccccc21)c1cc(Cc2cnc(N)nc2N)cc(OC)c1OC. The average Bonchev–Trinajstić information content (AvgIpc) is 2.88. The Labute approximate surface area is 203 Å². The maximum absolute atomic E-state index is 13.9. The molecular weight excluding hydrogens is 444 g/mol. The van der Waals surface area contributed by atoms with E-state index >= 15 is 0 Å². The van der Waals surface area contributed by atoms with Crippen molar-refractivity contribution in [2.45, 2.75) is 18.4 Å². The minimum atomic E-state index is -1.56. The topological polar surface area (TPSA) is 149 Å².